The van der Waals surface area contributed by atoms with Crippen molar-refractivity contribution in [2.45, 2.75) is 98.8 Å². The van der Waals surface area contributed by atoms with Gasteiger partial charge >= 0.3 is 0 Å². The molecule has 2 aliphatic heterocycles. The number of ether oxygens (including phenoxy) is 4. The zero-order valence-corrected chi connectivity index (χ0v) is 18.2. The van der Waals surface area contributed by atoms with Gasteiger partial charge in [-0.05, 0) is 26.8 Å². The lowest BCUT2D eigenvalue weighted by atomic mass is 9.87. The summed E-state index contributed by atoms with van der Waals surface area (Å²) in [5.41, 5.74) is 10.7. The fraction of sp³-hybridized carbons (Fsp3) is 1.00. The molecular weight excluding hydrogens is 430 g/mol. The number of hydrogen-bond donors (Lipinski definition) is 9. The van der Waals surface area contributed by atoms with Gasteiger partial charge in [0, 0.05) is 6.04 Å². The molecule has 0 amide bonds. The topological polar surface area (TPSA) is 222 Å². The van der Waals surface area contributed by atoms with Gasteiger partial charge in [0.1, 0.15) is 42.2 Å². The maximum Gasteiger partial charge on any atom is 0.185 e. The first-order valence-corrected chi connectivity index (χ1v) is 10.8. The van der Waals surface area contributed by atoms with E-state index in [1.54, 1.807) is 7.05 Å². The standard InChI is InChI=1S/C19H37N3O10/c1-19(28)6-29-18(14(27)16(19)22-2)32-15-7(20)3-4-8(12(15)25)30-17-10(21)13(26)11(24)9(5-23)31-17/h7-18,22-28H,3-6,20-21H2,1-2H3/t7-,8-,9-,10-,11-,12+,13-,14-,15+,16-,17+,18-,19+/m1/s1. The van der Waals surface area contributed by atoms with E-state index in [0.29, 0.717) is 12.8 Å². The summed E-state index contributed by atoms with van der Waals surface area (Å²) in [6.07, 6.45) is -9.78. The minimum atomic E-state index is -1.39. The fourth-order valence-corrected chi connectivity index (χ4v) is 4.61. The van der Waals surface area contributed by atoms with Crippen molar-refractivity contribution in [2.75, 3.05) is 20.3 Å². The van der Waals surface area contributed by atoms with Crippen LogP contribution in [-0.4, -0.2) is 130 Å². The van der Waals surface area contributed by atoms with Crippen LogP contribution in [0, 0.1) is 0 Å². The SMILES string of the molecule is CN[C@@H]1[C@@H](O)[C@@H](O[C@@H]2[C@@H](O)[C@H](O[C@H]3O[C@H](CO)[C@@H](O)[C@H](O)[C@H]3N)CC[C@H]2N)OC[C@]1(C)O. The molecule has 0 bridgehead atoms. The molecule has 0 radical (unpaired) electrons. The molecule has 3 aliphatic rings. The maximum absolute atomic E-state index is 10.9. The molecule has 11 N–H and O–H groups in total. The van der Waals surface area contributed by atoms with E-state index in [4.69, 9.17) is 30.4 Å². The van der Waals surface area contributed by atoms with Crippen LogP contribution in [0.3, 0.4) is 0 Å². The summed E-state index contributed by atoms with van der Waals surface area (Å²) in [6.45, 7) is 0.866. The van der Waals surface area contributed by atoms with E-state index in [-0.39, 0.29) is 6.61 Å². The van der Waals surface area contributed by atoms with Crippen LogP contribution in [0.5, 0.6) is 0 Å². The highest BCUT2D eigenvalue weighted by Crippen LogP contribution is 2.31. The highest BCUT2D eigenvalue weighted by Gasteiger charge is 2.50. The smallest absolute Gasteiger partial charge is 0.185 e. The third-order valence-corrected chi connectivity index (χ3v) is 6.59. The van der Waals surface area contributed by atoms with Gasteiger partial charge in [0.25, 0.3) is 0 Å². The van der Waals surface area contributed by atoms with Crippen molar-refractivity contribution in [1.29, 1.82) is 0 Å². The molecule has 0 spiro atoms. The van der Waals surface area contributed by atoms with Gasteiger partial charge in [-0.2, -0.15) is 0 Å². The van der Waals surface area contributed by atoms with Crippen molar-refractivity contribution in [3.63, 3.8) is 0 Å². The first kappa shape index (κ1) is 26.1. The van der Waals surface area contributed by atoms with Crippen LogP contribution < -0.4 is 16.8 Å². The minimum absolute atomic E-state index is 0.105. The summed E-state index contributed by atoms with van der Waals surface area (Å²) in [7, 11) is 1.59. The van der Waals surface area contributed by atoms with Gasteiger partial charge in [-0.15, -0.1) is 0 Å². The van der Waals surface area contributed by atoms with Crippen LogP contribution >= 0.6 is 0 Å². The second-order valence-corrected chi connectivity index (χ2v) is 9.08. The van der Waals surface area contributed by atoms with Crippen LogP contribution in [0.2, 0.25) is 0 Å². The van der Waals surface area contributed by atoms with Gasteiger partial charge in [0.15, 0.2) is 12.6 Å². The lowest BCUT2D eigenvalue weighted by Gasteiger charge is -2.47. The maximum atomic E-state index is 10.9. The van der Waals surface area contributed by atoms with Gasteiger partial charge in [0.2, 0.25) is 0 Å². The van der Waals surface area contributed by atoms with Crippen molar-refractivity contribution in [3.8, 4) is 0 Å². The summed E-state index contributed by atoms with van der Waals surface area (Å²) in [5.74, 6) is 0. The summed E-state index contributed by atoms with van der Waals surface area (Å²) in [4.78, 5) is 0. The quantitative estimate of drug-likeness (QED) is 0.179. The van der Waals surface area contributed by atoms with E-state index >= 15 is 0 Å². The van der Waals surface area contributed by atoms with Crippen LogP contribution in [-0.2, 0) is 18.9 Å². The average molecular weight is 468 g/mol. The number of aliphatic hydroxyl groups is 6. The molecule has 3 rings (SSSR count). The molecule has 1 saturated carbocycles. The van der Waals surface area contributed by atoms with Crippen molar-refractivity contribution < 1.29 is 49.6 Å². The number of rotatable bonds is 6. The Balaban J connectivity index is 1.66. The van der Waals surface area contributed by atoms with Gasteiger partial charge < -0.3 is 66.4 Å². The average Bonchev–Trinajstić information content (AvgIpc) is 2.74. The molecule has 13 heteroatoms. The molecule has 1 aliphatic carbocycles. The molecule has 188 valence electrons. The second kappa shape index (κ2) is 10.4. The van der Waals surface area contributed by atoms with E-state index in [1.165, 1.54) is 6.92 Å². The van der Waals surface area contributed by atoms with Crippen LogP contribution in [0.15, 0.2) is 0 Å². The fourth-order valence-electron chi connectivity index (χ4n) is 4.61. The predicted molar refractivity (Wildman–Crippen MR) is 108 cm³/mol. The first-order valence-electron chi connectivity index (χ1n) is 10.8. The van der Waals surface area contributed by atoms with Gasteiger partial charge in [-0.1, -0.05) is 0 Å². The van der Waals surface area contributed by atoms with Crippen molar-refractivity contribution >= 4 is 0 Å². The second-order valence-electron chi connectivity index (χ2n) is 9.08. The molecule has 0 aromatic carbocycles. The van der Waals surface area contributed by atoms with Gasteiger partial charge in [-0.25, -0.2) is 0 Å². The number of nitrogens with one attached hydrogen (secondary N) is 1. The normalized spacial score (nSPS) is 52.7. The number of nitrogens with two attached hydrogens (primary N) is 2. The molecule has 0 aromatic rings. The summed E-state index contributed by atoms with van der Waals surface area (Å²) < 4.78 is 22.6. The molecular formula is C19H37N3O10. The van der Waals surface area contributed by atoms with Crippen LogP contribution in [0.25, 0.3) is 0 Å². The van der Waals surface area contributed by atoms with E-state index in [2.05, 4.69) is 5.32 Å². The van der Waals surface area contributed by atoms with Crippen molar-refractivity contribution in [1.82, 2.24) is 5.32 Å². The lowest BCUT2D eigenvalue weighted by Crippen LogP contribution is -2.67. The van der Waals surface area contributed by atoms with Gasteiger partial charge in [-0.3, -0.25) is 0 Å². The third-order valence-electron chi connectivity index (χ3n) is 6.59. The van der Waals surface area contributed by atoms with E-state index in [0.717, 1.165) is 0 Å². The summed E-state index contributed by atoms with van der Waals surface area (Å²) >= 11 is 0. The van der Waals surface area contributed by atoms with Crippen LogP contribution in [0.1, 0.15) is 19.8 Å². The van der Waals surface area contributed by atoms with E-state index < -0.39 is 85.6 Å². The first-order chi connectivity index (χ1) is 15.0. The Morgan fingerprint density at radius 1 is 1.00 bits per heavy atom. The Morgan fingerprint density at radius 2 is 1.69 bits per heavy atom. The lowest BCUT2D eigenvalue weighted by molar-refractivity contribution is -0.314. The Morgan fingerprint density at radius 3 is 2.31 bits per heavy atom. The number of likely N-dealkylation sites (N-methyl/N-ethyl adjacent to an activating group) is 1. The van der Waals surface area contributed by atoms with Crippen LogP contribution in [0.4, 0.5) is 0 Å². The van der Waals surface area contributed by atoms with E-state index in [1.807, 2.05) is 0 Å². The Hall–Kier alpha value is -0.520. The summed E-state index contributed by atoms with van der Waals surface area (Å²) in [6, 6.07) is -2.44. The molecule has 32 heavy (non-hydrogen) atoms. The zero-order valence-electron chi connectivity index (χ0n) is 18.2. The minimum Gasteiger partial charge on any atom is -0.394 e. The largest absolute Gasteiger partial charge is 0.394 e. The summed E-state index contributed by atoms with van der Waals surface area (Å²) in [5, 5.41) is 64.2. The zero-order chi connectivity index (χ0) is 23.8. The third kappa shape index (κ3) is 5.10. The highest BCUT2D eigenvalue weighted by molar-refractivity contribution is 4.99. The number of hydrogen-bond acceptors (Lipinski definition) is 13. The molecule has 3 fully saturated rings. The number of aliphatic hydroxyl groups excluding tert-OH is 5. The monoisotopic (exact) mass is 467 g/mol. The predicted octanol–water partition coefficient (Wildman–Crippen LogP) is -4.94. The Labute approximate surface area is 186 Å². The van der Waals surface area contributed by atoms with Crippen molar-refractivity contribution in [3.05, 3.63) is 0 Å². The molecule has 13 nitrogen and oxygen atoms in total. The molecule has 0 unspecified atom stereocenters. The molecule has 2 saturated heterocycles. The highest BCUT2D eigenvalue weighted by atomic mass is 16.7. The van der Waals surface area contributed by atoms with Crippen molar-refractivity contribution in [2.24, 2.45) is 11.5 Å². The Bertz CT molecular complexity index is 614. The van der Waals surface area contributed by atoms with E-state index in [9.17, 15) is 30.6 Å². The van der Waals surface area contributed by atoms with Gasteiger partial charge in [0.05, 0.1) is 31.4 Å². The molecule has 13 atom stereocenters. The molecule has 2 heterocycles. The molecule has 0 aromatic heterocycles. The Kier molecular flexibility index (Phi) is 8.48.